The van der Waals surface area contributed by atoms with Crippen molar-refractivity contribution in [2.45, 2.75) is 25.1 Å². The summed E-state index contributed by atoms with van der Waals surface area (Å²) in [6, 6.07) is 4.26. The lowest BCUT2D eigenvalue weighted by Crippen LogP contribution is -2.46. The molecule has 2 N–H and O–H groups in total. The number of carboxylic acid groups (broad SMARTS) is 1. The van der Waals surface area contributed by atoms with Gasteiger partial charge in [0.15, 0.2) is 0 Å². The van der Waals surface area contributed by atoms with E-state index < -0.39 is 29.3 Å². The number of alkyl halides is 3. The van der Waals surface area contributed by atoms with Crippen molar-refractivity contribution in [3.05, 3.63) is 35.4 Å². The molecule has 0 unspecified atom stereocenters. The summed E-state index contributed by atoms with van der Waals surface area (Å²) < 4.78 is 38.6. The van der Waals surface area contributed by atoms with Crippen LogP contribution in [-0.2, 0) is 6.18 Å². The van der Waals surface area contributed by atoms with E-state index in [1.54, 1.807) is 0 Å². The van der Waals surface area contributed by atoms with Gasteiger partial charge in [0.25, 0.3) is 5.91 Å². The Morgan fingerprint density at radius 2 is 1.77 bits per heavy atom. The van der Waals surface area contributed by atoms with E-state index in [1.807, 2.05) is 0 Å². The van der Waals surface area contributed by atoms with Crippen LogP contribution in [0.2, 0.25) is 0 Å². The fourth-order valence-corrected chi connectivity index (χ4v) is 2.41. The van der Waals surface area contributed by atoms with Crippen molar-refractivity contribution in [1.29, 1.82) is 0 Å². The summed E-state index contributed by atoms with van der Waals surface area (Å²) in [6.45, 7) is 0.502. The number of hydrogen-bond acceptors (Lipinski definition) is 2. The highest BCUT2D eigenvalue weighted by Crippen LogP contribution is 2.31. The third-order valence-electron chi connectivity index (χ3n) is 3.58. The van der Waals surface area contributed by atoms with Crippen LogP contribution in [0.1, 0.15) is 28.8 Å². The summed E-state index contributed by atoms with van der Waals surface area (Å²) in [4.78, 5) is 24.0. The summed E-state index contributed by atoms with van der Waals surface area (Å²) >= 11 is 0. The molecule has 1 aliphatic heterocycles. The second-order valence-electron chi connectivity index (χ2n) is 5.06. The Bertz CT molecular complexity index is 567. The molecule has 0 saturated carbocycles. The first kappa shape index (κ1) is 16.1. The monoisotopic (exact) mass is 316 g/mol. The normalized spacial score (nSPS) is 16.4. The third-order valence-corrected chi connectivity index (χ3v) is 3.58. The molecule has 2 rings (SSSR count). The number of nitrogens with zero attached hydrogens (tertiary/aromatic N) is 1. The lowest BCUT2D eigenvalue weighted by Gasteiger charge is -2.30. The minimum atomic E-state index is -4.60. The van der Waals surface area contributed by atoms with E-state index in [0.29, 0.717) is 12.8 Å². The van der Waals surface area contributed by atoms with Gasteiger partial charge in [-0.2, -0.15) is 13.2 Å². The summed E-state index contributed by atoms with van der Waals surface area (Å²) in [5.41, 5.74) is -1.40. The minimum Gasteiger partial charge on any atom is -0.465 e. The molecule has 1 fully saturated rings. The van der Waals surface area contributed by atoms with Crippen molar-refractivity contribution in [2.24, 2.45) is 0 Å². The van der Waals surface area contributed by atoms with Crippen LogP contribution in [0, 0.1) is 0 Å². The van der Waals surface area contributed by atoms with Gasteiger partial charge >= 0.3 is 12.3 Å². The molecule has 0 radical (unpaired) electrons. The van der Waals surface area contributed by atoms with Crippen LogP contribution in [0.25, 0.3) is 0 Å². The molecule has 5 nitrogen and oxygen atoms in total. The molecule has 0 aliphatic carbocycles. The Morgan fingerprint density at radius 3 is 2.32 bits per heavy atom. The number of likely N-dealkylation sites (tertiary alicyclic amines) is 1. The van der Waals surface area contributed by atoms with Crippen LogP contribution in [0.3, 0.4) is 0 Å². The number of carbonyl (C=O) groups excluding carboxylic acids is 1. The van der Waals surface area contributed by atoms with Gasteiger partial charge in [0.05, 0.1) is 11.1 Å². The molecule has 1 saturated heterocycles. The Morgan fingerprint density at radius 1 is 1.18 bits per heavy atom. The molecule has 120 valence electrons. The molecule has 0 atom stereocenters. The van der Waals surface area contributed by atoms with E-state index in [1.165, 1.54) is 17.0 Å². The van der Waals surface area contributed by atoms with E-state index in [2.05, 4.69) is 5.32 Å². The zero-order chi connectivity index (χ0) is 16.3. The molecule has 1 aliphatic rings. The first-order chi connectivity index (χ1) is 10.3. The van der Waals surface area contributed by atoms with Crippen LogP contribution in [0.5, 0.6) is 0 Å². The van der Waals surface area contributed by atoms with E-state index in [9.17, 15) is 22.8 Å². The lowest BCUT2D eigenvalue weighted by atomic mass is 10.0. The number of halogens is 3. The maximum atomic E-state index is 12.9. The minimum absolute atomic E-state index is 0.251. The molecule has 8 heteroatoms. The molecule has 1 aromatic rings. The highest BCUT2D eigenvalue weighted by Gasteiger charge is 2.35. The summed E-state index contributed by atoms with van der Waals surface area (Å²) in [5.74, 6) is -0.790. The van der Waals surface area contributed by atoms with Gasteiger partial charge in [-0.05, 0) is 25.0 Å². The van der Waals surface area contributed by atoms with Gasteiger partial charge in [0, 0.05) is 19.1 Å². The zero-order valence-corrected chi connectivity index (χ0v) is 11.6. The molecule has 0 bridgehead atoms. The SMILES string of the molecule is O=C(NC1CCN(C(=O)O)CC1)c1ccccc1C(F)(F)F. The maximum absolute atomic E-state index is 12.9. The molecule has 0 aromatic heterocycles. The summed E-state index contributed by atoms with van der Waals surface area (Å²) in [7, 11) is 0. The van der Waals surface area contributed by atoms with Gasteiger partial charge in [-0.25, -0.2) is 4.79 Å². The van der Waals surface area contributed by atoms with E-state index in [4.69, 9.17) is 5.11 Å². The Kier molecular flexibility index (Phi) is 4.58. The Labute approximate surface area is 124 Å². The van der Waals surface area contributed by atoms with E-state index in [-0.39, 0.29) is 19.1 Å². The van der Waals surface area contributed by atoms with Gasteiger partial charge in [-0.15, -0.1) is 0 Å². The van der Waals surface area contributed by atoms with Crippen LogP contribution in [0.4, 0.5) is 18.0 Å². The van der Waals surface area contributed by atoms with Crippen LogP contribution >= 0.6 is 0 Å². The average Bonchev–Trinajstić information content (AvgIpc) is 2.47. The average molecular weight is 316 g/mol. The van der Waals surface area contributed by atoms with Crippen molar-refractivity contribution >= 4 is 12.0 Å². The first-order valence-corrected chi connectivity index (χ1v) is 6.74. The number of nitrogens with one attached hydrogen (secondary N) is 1. The van der Waals surface area contributed by atoms with Crippen LogP contribution in [-0.4, -0.2) is 41.1 Å². The van der Waals surface area contributed by atoms with Gasteiger partial charge in [0.2, 0.25) is 0 Å². The van der Waals surface area contributed by atoms with Crippen molar-refractivity contribution in [3.63, 3.8) is 0 Å². The fourth-order valence-electron chi connectivity index (χ4n) is 2.41. The second kappa shape index (κ2) is 6.25. The molecule has 1 heterocycles. The molecule has 1 aromatic carbocycles. The van der Waals surface area contributed by atoms with Gasteiger partial charge in [-0.1, -0.05) is 12.1 Å². The molecular formula is C14H15F3N2O3. The smallest absolute Gasteiger partial charge is 0.417 e. The van der Waals surface area contributed by atoms with E-state index in [0.717, 1.165) is 12.1 Å². The molecule has 22 heavy (non-hydrogen) atoms. The van der Waals surface area contributed by atoms with Gasteiger partial charge in [-0.3, -0.25) is 4.79 Å². The Balaban J connectivity index is 2.04. The predicted octanol–water partition coefficient (Wildman–Crippen LogP) is 2.58. The number of amides is 2. The molecule has 2 amide bonds. The number of carbonyl (C=O) groups is 2. The maximum Gasteiger partial charge on any atom is 0.417 e. The number of hydrogen-bond donors (Lipinski definition) is 2. The third kappa shape index (κ3) is 3.69. The summed E-state index contributed by atoms with van der Waals surface area (Å²) in [5, 5.41) is 11.4. The highest BCUT2D eigenvalue weighted by atomic mass is 19.4. The number of rotatable bonds is 2. The highest BCUT2D eigenvalue weighted by molar-refractivity contribution is 5.96. The first-order valence-electron chi connectivity index (χ1n) is 6.74. The fraction of sp³-hybridized carbons (Fsp3) is 0.429. The van der Waals surface area contributed by atoms with Crippen molar-refractivity contribution in [2.75, 3.05) is 13.1 Å². The van der Waals surface area contributed by atoms with Gasteiger partial charge < -0.3 is 15.3 Å². The topological polar surface area (TPSA) is 69.6 Å². The standard InChI is InChI=1S/C14H15F3N2O3/c15-14(16,17)11-4-2-1-3-10(11)12(20)18-9-5-7-19(8-6-9)13(21)22/h1-4,9H,5-8H2,(H,18,20)(H,21,22). The Hall–Kier alpha value is -2.25. The second-order valence-corrected chi connectivity index (χ2v) is 5.06. The predicted molar refractivity (Wildman–Crippen MR) is 71.5 cm³/mol. The summed E-state index contributed by atoms with van der Waals surface area (Å²) in [6.07, 6.45) is -4.87. The zero-order valence-electron chi connectivity index (χ0n) is 11.6. The largest absolute Gasteiger partial charge is 0.465 e. The number of piperidine rings is 1. The van der Waals surface area contributed by atoms with Crippen molar-refractivity contribution in [1.82, 2.24) is 10.2 Å². The molecular weight excluding hydrogens is 301 g/mol. The van der Waals surface area contributed by atoms with Crippen molar-refractivity contribution < 1.29 is 27.9 Å². The number of benzene rings is 1. The van der Waals surface area contributed by atoms with Crippen molar-refractivity contribution in [3.8, 4) is 0 Å². The molecule has 0 spiro atoms. The van der Waals surface area contributed by atoms with Gasteiger partial charge in [0.1, 0.15) is 0 Å². The van der Waals surface area contributed by atoms with Crippen LogP contribution in [0.15, 0.2) is 24.3 Å². The quantitative estimate of drug-likeness (QED) is 0.881. The lowest BCUT2D eigenvalue weighted by molar-refractivity contribution is -0.137. The van der Waals surface area contributed by atoms with E-state index >= 15 is 0 Å². The van der Waals surface area contributed by atoms with Crippen LogP contribution < -0.4 is 5.32 Å².